The van der Waals surface area contributed by atoms with Crippen LogP contribution < -0.4 is 10.2 Å². The van der Waals surface area contributed by atoms with E-state index in [1.807, 2.05) is 0 Å². The number of hydrogen-bond acceptors (Lipinski definition) is 6. The van der Waals surface area contributed by atoms with Crippen molar-refractivity contribution in [2.24, 2.45) is 0 Å². The number of sulfone groups is 1. The summed E-state index contributed by atoms with van der Waals surface area (Å²) in [6.07, 6.45) is 0. The number of carbonyl (C=O) groups is 1. The van der Waals surface area contributed by atoms with Gasteiger partial charge in [0.15, 0.2) is 9.84 Å². The van der Waals surface area contributed by atoms with Gasteiger partial charge in [-0.1, -0.05) is 11.3 Å². The van der Waals surface area contributed by atoms with E-state index in [1.54, 1.807) is 6.92 Å². The van der Waals surface area contributed by atoms with Gasteiger partial charge < -0.3 is 5.32 Å². The van der Waals surface area contributed by atoms with Gasteiger partial charge in [0, 0.05) is 0 Å². The van der Waals surface area contributed by atoms with Crippen LogP contribution in [0.15, 0.2) is 0 Å². The number of nitrogens with zero attached hydrogens (tertiary/aromatic N) is 3. The average molecular weight is 274 g/mol. The summed E-state index contributed by atoms with van der Waals surface area (Å²) < 4.78 is 23.0. The van der Waals surface area contributed by atoms with Gasteiger partial charge in [0.1, 0.15) is 5.01 Å². The van der Waals surface area contributed by atoms with Gasteiger partial charge in [-0.05, 0) is 6.92 Å². The third-order valence-corrected chi connectivity index (χ3v) is 5.46. The predicted molar refractivity (Wildman–Crippen MR) is 61.9 cm³/mol. The molecule has 0 radical (unpaired) electrons. The Hall–Kier alpha value is -1.22. The lowest BCUT2D eigenvalue weighted by Crippen LogP contribution is -2.36. The van der Waals surface area contributed by atoms with Crippen molar-refractivity contribution in [3.63, 3.8) is 0 Å². The molecule has 1 N–H and O–H groups in total. The van der Waals surface area contributed by atoms with Crippen LogP contribution in [0, 0.1) is 6.92 Å². The number of aromatic nitrogens is 2. The van der Waals surface area contributed by atoms with Gasteiger partial charge in [-0.15, -0.1) is 10.2 Å². The number of nitrogens with one attached hydrogen (secondary N) is 1. The molecule has 0 aliphatic carbocycles. The highest BCUT2D eigenvalue weighted by atomic mass is 32.2. The number of aryl methyl sites for hydroxylation is 1. The summed E-state index contributed by atoms with van der Waals surface area (Å²) >= 11 is 1.29. The Balaban J connectivity index is 1.97. The quantitative estimate of drug-likeness (QED) is 0.700. The van der Waals surface area contributed by atoms with E-state index in [4.69, 9.17) is 0 Å². The number of anilines is 1. The first-order chi connectivity index (χ1) is 7.96. The first-order valence-electron chi connectivity index (χ1n) is 5.06. The molecule has 0 bridgehead atoms. The number of carbonyl (C=O) groups excluding carboxylic acids is 1. The van der Waals surface area contributed by atoms with E-state index < -0.39 is 9.84 Å². The molecule has 2 aliphatic rings. The maximum absolute atomic E-state index is 11.8. The monoisotopic (exact) mass is 274 g/mol. The van der Waals surface area contributed by atoms with Crippen molar-refractivity contribution in [2.45, 2.75) is 19.0 Å². The van der Waals surface area contributed by atoms with Gasteiger partial charge in [0.2, 0.25) is 5.13 Å². The Kier molecular flexibility index (Phi) is 2.17. The topological polar surface area (TPSA) is 92.3 Å². The molecule has 0 aromatic carbocycles. The Labute approximate surface area is 102 Å². The molecule has 1 aromatic heterocycles. The van der Waals surface area contributed by atoms with Gasteiger partial charge in [0.05, 0.1) is 23.6 Å². The summed E-state index contributed by atoms with van der Waals surface area (Å²) in [5, 5.41) is 11.6. The summed E-state index contributed by atoms with van der Waals surface area (Å²) in [6, 6.07) is -0.956. The Bertz CT molecular complexity index is 581. The second-order valence-corrected chi connectivity index (χ2v) is 7.49. The van der Waals surface area contributed by atoms with Crippen molar-refractivity contribution in [2.75, 3.05) is 16.4 Å². The van der Waals surface area contributed by atoms with Crippen molar-refractivity contribution in [1.29, 1.82) is 0 Å². The standard InChI is InChI=1S/C8H10N4O3S2/c1-4-10-11-8(16-4)12-6-3-17(14,15)2-5(6)9-7(12)13/h5-6H,2-3H2,1H3,(H,9,13)/t5-,6-/m0/s1. The summed E-state index contributed by atoms with van der Waals surface area (Å²) in [7, 11) is -3.06. The Morgan fingerprint density at radius 2 is 2.18 bits per heavy atom. The van der Waals surface area contributed by atoms with E-state index in [0.717, 1.165) is 5.01 Å². The highest BCUT2D eigenvalue weighted by molar-refractivity contribution is 7.91. The minimum Gasteiger partial charge on any atom is -0.332 e. The smallest absolute Gasteiger partial charge is 0.324 e. The van der Waals surface area contributed by atoms with E-state index in [2.05, 4.69) is 15.5 Å². The first kappa shape index (κ1) is 10.9. The minimum atomic E-state index is -3.06. The second-order valence-electron chi connectivity index (χ2n) is 4.17. The number of rotatable bonds is 1. The van der Waals surface area contributed by atoms with Crippen LogP contribution in [-0.2, 0) is 9.84 Å². The molecule has 9 heteroatoms. The van der Waals surface area contributed by atoms with Crippen LogP contribution in [0.25, 0.3) is 0 Å². The molecule has 2 fully saturated rings. The molecule has 3 heterocycles. The molecule has 1 aromatic rings. The molecule has 92 valence electrons. The van der Waals surface area contributed by atoms with Crippen LogP contribution in [0.4, 0.5) is 9.93 Å². The Morgan fingerprint density at radius 1 is 1.41 bits per heavy atom. The van der Waals surface area contributed by atoms with Gasteiger partial charge >= 0.3 is 6.03 Å². The van der Waals surface area contributed by atoms with Gasteiger partial charge in [-0.2, -0.15) is 0 Å². The van der Waals surface area contributed by atoms with Crippen molar-refractivity contribution in [3.05, 3.63) is 5.01 Å². The lowest BCUT2D eigenvalue weighted by Gasteiger charge is -2.16. The average Bonchev–Trinajstić information content (AvgIpc) is 2.78. The summed E-state index contributed by atoms with van der Waals surface area (Å²) in [5.41, 5.74) is 0. The predicted octanol–water partition coefficient (Wildman–Crippen LogP) is -0.458. The molecule has 2 saturated heterocycles. The second kappa shape index (κ2) is 3.39. The molecular weight excluding hydrogens is 264 g/mol. The third kappa shape index (κ3) is 1.69. The van der Waals surface area contributed by atoms with Crippen LogP contribution in [-0.4, -0.2) is 48.2 Å². The van der Waals surface area contributed by atoms with Crippen molar-refractivity contribution < 1.29 is 13.2 Å². The molecule has 0 spiro atoms. The van der Waals surface area contributed by atoms with E-state index in [0.29, 0.717) is 5.13 Å². The van der Waals surface area contributed by atoms with Crippen molar-refractivity contribution >= 4 is 32.3 Å². The highest BCUT2D eigenvalue weighted by Gasteiger charge is 2.50. The van der Waals surface area contributed by atoms with E-state index in [1.165, 1.54) is 16.2 Å². The van der Waals surface area contributed by atoms with E-state index in [9.17, 15) is 13.2 Å². The fraction of sp³-hybridized carbons (Fsp3) is 0.625. The van der Waals surface area contributed by atoms with Gasteiger partial charge in [-0.25, -0.2) is 13.2 Å². The molecule has 2 aliphatic heterocycles. The molecular formula is C8H10N4O3S2. The zero-order valence-corrected chi connectivity index (χ0v) is 10.6. The summed E-state index contributed by atoms with van der Waals surface area (Å²) in [6.45, 7) is 1.79. The molecule has 3 rings (SSSR count). The highest BCUT2D eigenvalue weighted by Crippen LogP contribution is 2.30. The van der Waals surface area contributed by atoms with Crippen LogP contribution in [0.3, 0.4) is 0 Å². The molecule has 2 atom stereocenters. The van der Waals surface area contributed by atoms with Gasteiger partial charge in [0.25, 0.3) is 0 Å². The molecule has 7 nitrogen and oxygen atoms in total. The zero-order valence-electron chi connectivity index (χ0n) is 8.95. The first-order valence-corrected chi connectivity index (χ1v) is 7.70. The van der Waals surface area contributed by atoms with Crippen LogP contribution in [0.2, 0.25) is 0 Å². The van der Waals surface area contributed by atoms with Crippen molar-refractivity contribution in [1.82, 2.24) is 15.5 Å². The number of fused-ring (bicyclic) bond motifs is 1. The lowest BCUT2D eigenvalue weighted by atomic mass is 10.2. The van der Waals surface area contributed by atoms with Gasteiger partial charge in [-0.3, -0.25) is 4.90 Å². The number of amides is 2. The summed E-state index contributed by atoms with van der Waals surface area (Å²) in [4.78, 5) is 13.2. The van der Waals surface area contributed by atoms with E-state index >= 15 is 0 Å². The number of urea groups is 1. The SMILES string of the molecule is Cc1nnc(N2C(=O)N[C@H]3CS(=O)(=O)C[C@@H]32)s1. The fourth-order valence-corrected chi connectivity index (χ4v) is 4.85. The van der Waals surface area contributed by atoms with Crippen LogP contribution in [0.5, 0.6) is 0 Å². The summed E-state index contributed by atoms with van der Waals surface area (Å²) in [5.74, 6) is 0.00667. The third-order valence-electron chi connectivity index (χ3n) is 2.90. The Morgan fingerprint density at radius 3 is 2.82 bits per heavy atom. The molecule has 2 amide bonds. The largest absolute Gasteiger partial charge is 0.332 e. The lowest BCUT2D eigenvalue weighted by molar-refractivity contribution is 0.251. The minimum absolute atomic E-state index is 0.00493. The zero-order chi connectivity index (χ0) is 12.2. The van der Waals surface area contributed by atoms with Crippen LogP contribution >= 0.6 is 11.3 Å². The molecule has 0 unspecified atom stereocenters. The normalized spacial score (nSPS) is 30.4. The fourth-order valence-electron chi connectivity index (χ4n) is 2.21. The van der Waals surface area contributed by atoms with Crippen molar-refractivity contribution in [3.8, 4) is 0 Å². The van der Waals surface area contributed by atoms with Crippen LogP contribution in [0.1, 0.15) is 5.01 Å². The molecule has 17 heavy (non-hydrogen) atoms. The molecule has 0 saturated carbocycles. The maximum atomic E-state index is 11.8. The maximum Gasteiger partial charge on any atom is 0.324 e. The number of hydrogen-bond donors (Lipinski definition) is 1. The van der Waals surface area contributed by atoms with E-state index in [-0.39, 0.29) is 29.6 Å².